The standard InChI is InChI=1S/C17H17N5O2.ClH/c18-8-11-1-2-16-12(5-11)6-13(10-24-16)20-17(23)15-7-14-9-19-3-4-22(14)21-15;/h1-2,5,7,13,19H,3-4,6,9-10H2,(H,20,23);1H. The number of amides is 1. The van der Waals surface area contributed by atoms with Gasteiger partial charge < -0.3 is 15.4 Å². The molecular formula is C17H18ClN5O2. The van der Waals surface area contributed by atoms with Crippen LogP contribution in [0, 0.1) is 11.3 Å². The fourth-order valence-electron chi connectivity index (χ4n) is 3.12. The summed E-state index contributed by atoms with van der Waals surface area (Å²) in [5.41, 5.74) is 3.00. The minimum Gasteiger partial charge on any atom is -0.491 e. The molecule has 0 aliphatic carbocycles. The number of ether oxygens (including phenoxy) is 1. The van der Waals surface area contributed by atoms with E-state index in [1.54, 1.807) is 6.07 Å². The van der Waals surface area contributed by atoms with Crippen LogP contribution in [0.4, 0.5) is 0 Å². The minimum atomic E-state index is -0.189. The normalized spacial score (nSPS) is 18.0. The Morgan fingerprint density at radius 3 is 3.12 bits per heavy atom. The first kappa shape index (κ1) is 17.3. The van der Waals surface area contributed by atoms with Crippen molar-refractivity contribution in [2.24, 2.45) is 0 Å². The van der Waals surface area contributed by atoms with E-state index in [2.05, 4.69) is 21.8 Å². The van der Waals surface area contributed by atoms with Crippen LogP contribution in [-0.2, 0) is 19.5 Å². The molecule has 0 saturated carbocycles. The fourth-order valence-corrected chi connectivity index (χ4v) is 3.12. The molecule has 0 bridgehead atoms. The molecule has 1 atom stereocenters. The van der Waals surface area contributed by atoms with Gasteiger partial charge in [0.2, 0.25) is 0 Å². The van der Waals surface area contributed by atoms with Crippen molar-refractivity contribution in [3.8, 4) is 11.8 Å². The van der Waals surface area contributed by atoms with E-state index < -0.39 is 0 Å². The molecule has 7 nitrogen and oxygen atoms in total. The third kappa shape index (κ3) is 3.45. The van der Waals surface area contributed by atoms with Gasteiger partial charge in [-0.1, -0.05) is 0 Å². The van der Waals surface area contributed by atoms with Crippen molar-refractivity contribution in [3.05, 3.63) is 46.8 Å². The zero-order valence-electron chi connectivity index (χ0n) is 13.5. The van der Waals surface area contributed by atoms with Crippen molar-refractivity contribution in [1.29, 1.82) is 5.26 Å². The highest BCUT2D eigenvalue weighted by molar-refractivity contribution is 5.92. The van der Waals surface area contributed by atoms with Crippen LogP contribution in [0.5, 0.6) is 5.75 Å². The predicted octanol–water partition coefficient (Wildman–Crippen LogP) is 1.01. The molecule has 0 saturated heterocycles. The highest BCUT2D eigenvalue weighted by Crippen LogP contribution is 2.25. The monoisotopic (exact) mass is 359 g/mol. The predicted molar refractivity (Wildman–Crippen MR) is 92.8 cm³/mol. The molecule has 2 aliphatic heterocycles. The Balaban J connectivity index is 0.00000182. The lowest BCUT2D eigenvalue weighted by Crippen LogP contribution is -2.42. The van der Waals surface area contributed by atoms with Crippen molar-refractivity contribution in [2.45, 2.75) is 25.6 Å². The molecule has 1 amide bonds. The number of rotatable bonds is 2. The topological polar surface area (TPSA) is 92.0 Å². The van der Waals surface area contributed by atoms with Gasteiger partial charge in [-0.15, -0.1) is 12.4 Å². The zero-order chi connectivity index (χ0) is 16.5. The maximum atomic E-state index is 12.5. The highest BCUT2D eigenvalue weighted by atomic mass is 35.5. The average molecular weight is 360 g/mol. The molecule has 2 aromatic rings. The number of hydrogen-bond acceptors (Lipinski definition) is 5. The fraction of sp³-hybridized carbons (Fsp3) is 0.353. The van der Waals surface area contributed by atoms with Gasteiger partial charge in [0.15, 0.2) is 5.69 Å². The van der Waals surface area contributed by atoms with E-state index in [-0.39, 0.29) is 24.4 Å². The molecule has 1 unspecified atom stereocenters. The Labute approximate surface area is 151 Å². The Morgan fingerprint density at radius 2 is 2.32 bits per heavy atom. The van der Waals surface area contributed by atoms with E-state index in [1.807, 2.05) is 22.9 Å². The van der Waals surface area contributed by atoms with Gasteiger partial charge in [-0.05, 0) is 36.2 Å². The van der Waals surface area contributed by atoms with E-state index in [1.165, 1.54) is 0 Å². The molecule has 130 valence electrons. The van der Waals surface area contributed by atoms with Crippen LogP contribution in [0.15, 0.2) is 24.3 Å². The van der Waals surface area contributed by atoms with Crippen molar-refractivity contribution in [2.75, 3.05) is 13.2 Å². The first-order valence-electron chi connectivity index (χ1n) is 7.97. The summed E-state index contributed by atoms with van der Waals surface area (Å²) in [7, 11) is 0. The summed E-state index contributed by atoms with van der Waals surface area (Å²) in [4.78, 5) is 12.5. The molecule has 0 fully saturated rings. The number of hydrogen-bond donors (Lipinski definition) is 2. The maximum Gasteiger partial charge on any atom is 0.272 e. The van der Waals surface area contributed by atoms with Crippen LogP contribution in [0.25, 0.3) is 0 Å². The third-order valence-corrected chi connectivity index (χ3v) is 4.33. The molecule has 8 heteroatoms. The smallest absolute Gasteiger partial charge is 0.272 e. The Morgan fingerprint density at radius 1 is 1.44 bits per heavy atom. The SMILES string of the molecule is Cl.N#Cc1ccc2c(c1)CC(NC(=O)c1cc3n(n1)CCNC3)CO2. The van der Waals surface area contributed by atoms with Gasteiger partial charge in [0.25, 0.3) is 5.91 Å². The summed E-state index contributed by atoms with van der Waals surface area (Å²) < 4.78 is 7.57. The summed E-state index contributed by atoms with van der Waals surface area (Å²) in [5, 5.41) is 19.6. The van der Waals surface area contributed by atoms with Crippen LogP contribution in [0.1, 0.15) is 27.3 Å². The second kappa shape index (κ2) is 7.13. The number of nitrogens with zero attached hydrogens (tertiary/aromatic N) is 3. The second-order valence-corrected chi connectivity index (χ2v) is 6.04. The molecule has 2 N–H and O–H groups in total. The summed E-state index contributed by atoms with van der Waals surface area (Å²) in [6.07, 6.45) is 0.645. The maximum absolute atomic E-state index is 12.5. The van der Waals surface area contributed by atoms with Gasteiger partial charge in [0, 0.05) is 13.1 Å². The molecule has 0 radical (unpaired) electrons. The van der Waals surface area contributed by atoms with E-state index in [0.29, 0.717) is 24.3 Å². The van der Waals surface area contributed by atoms with Crippen LogP contribution in [-0.4, -0.2) is 34.9 Å². The summed E-state index contributed by atoms with van der Waals surface area (Å²) >= 11 is 0. The number of fused-ring (bicyclic) bond motifs is 2. The number of aromatic nitrogens is 2. The number of nitrogens with one attached hydrogen (secondary N) is 2. The largest absolute Gasteiger partial charge is 0.491 e. The number of nitriles is 1. The lowest BCUT2D eigenvalue weighted by atomic mass is 10.0. The minimum absolute atomic E-state index is 0. The number of benzene rings is 1. The van der Waals surface area contributed by atoms with Gasteiger partial charge >= 0.3 is 0 Å². The van der Waals surface area contributed by atoms with Crippen molar-refractivity contribution in [1.82, 2.24) is 20.4 Å². The summed E-state index contributed by atoms with van der Waals surface area (Å²) in [6.45, 7) is 2.79. The lowest BCUT2D eigenvalue weighted by Gasteiger charge is -2.25. The molecule has 0 spiro atoms. The van der Waals surface area contributed by atoms with Crippen LogP contribution in [0.3, 0.4) is 0 Å². The first-order valence-corrected chi connectivity index (χ1v) is 7.97. The van der Waals surface area contributed by atoms with Gasteiger partial charge in [0.05, 0.1) is 29.9 Å². The summed E-state index contributed by atoms with van der Waals surface area (Å²) in [6, 6.07) is 9.18. The number of halogens is 1. The van der Waals surface area contributed by atoms with Crippen LogP contribution < -0.4 is 15.4 Å². The van der Waals surface area contributed by atoms with Gasteiger partial charge in [-0.2, -0.15) is 10.4 Å². The van der Waals surface area contributed by atoms with Crippen molar-refractivity contribution < 1.29 is 9.53 Å². The van der Waals surface area contributed by atoms with Gasteiger partial charge in [0.1, 0.15) is 12.4 Å². The zero-order valence-corrected chi connectivity index (χ0v) is 14.3. The Bertz CT molecular complexity index is 819. The molecule has 2 aliphatic rings. The van der Waals surface area contributed by atoms with Crippen LogP contribution in [0.2, 0.25) is 0 Å². The van der Waals surface area contributed by atoms with Gasteiger partial charge in [-0.3, -0.25) is 9.48 Å². The highest BCUT2D eigenvalue weighted by Gasteiger charge is 2.24. The molecule has 3 heterocycles. The molecule has 1 aromatic carbocycles. The Hall–Kier alpha value is -2.56. The average Bonchev–Trinajstić information content (AvgIpc) is 3.05. The van der Waals surface area contributed by atoms with Crippen molar-refractivity contribution >= 4 is 18.3 Å². The van der Waals surface area contributed by atoms with E-state index in [0.717, 1.165) is 36.6 Å². The van der Waals surface area contributed by atoms with E-state index >= 15 is 0 Å². The Kier molecular flexibility index (Phi) is 4.93. The summed E-state index contributed by atoms with van der Waals surface area (Å²) in [5.74, 6) is 0.591. The first-order chi connectivity index (χ1) is 11.7. The number of carbonyl (C=O) groups excluding carboxylic acids is 1. The van der Waals surface area contributed by atoms with Crippen molar-refractivity contribution in [3.63, 3.8) is 0 Å². The van der Waals surface area contributed by atoms with Crippen LogP contribution >= 0.6 is 12.4 Å². The van der Waals surface area contributed by atoms with Gasteiger partial charge in [-0.25, -0.2) is 0 Å². The van der Waals surface area contributed by atoms with E-state index in [9.17, 15) is 4.79 Å². The third-order valence-electron chi connectivity index (χ3n) is 4.33. The van der Waals surface area contributed by atoms with E-state index in [4.69, 9.17) is 10.00 Å². The molecule has 1 aromatic heterocycles. The quantitative estimate of drug-likeness (QED) is 0.835. The number of carbonyl (C=O) groups is 1. The lowest BCUT2D eigenvalue weighted by molar-refractivity contribution is 0.0909. The molecule has 25 heavy (non-hydrogen) atoms. The second-order valence-electron chi connectivity index (χ2n) is 6.04. The molecular weight excluding hydrogens is 342 g/mol. The molecule has 4 rings (SSSR count).